The second kappa shape index (κ2) is 9.70. The summed E-state index contributed by atoms with van der Waals surface area (Å²) in [6.07, 6.45) is 3.86. The van der Waals surface area contributed by atoms with E-state index in [2.05, 4.69) is 27.4 Å². The normalized spacial score (nSPS) is 14.5. The zero-order valence-electron chi connectivity index (χ0n) is 17.2. The number of carbonyl (C=O) groups is 1. The van der Waals surface area contributed by atoms with Crippen LogP contribution in [0, 0.1) is 5.82 Å². The second-order valence-corrected chi connectivity index (χ2v) is 7.77. The van der Waals surface area contributed by atoms with Gasteiger partial charge >= 0.3 is 5.76 Å². The van der Waals surface area contributed by atoms with Gasteiger partial charge in [-0.15, -0.1) is 5.10 Å². The fraction of sp³-hybridized carbons (Fsp3) is 0.348. The lowest BCUT2D eigenvalue weighted by Gasteiger charge is -2.26. The lowest BCUT2D eigenvalue weighted by molar-refractivity contribution is -0.122. The highest BCUT2D eigenvalue weighted by molar-refractivity contribution is 5.75. The van der Waals surface area contributed by atoms with Crippen molar-refractivity contribution in [3.63, 3.8) is 0 Å². The van der Waals surface area contributed by atoms with Crippen molar-refractivity contribution in [2.24, 2.45) is 0 Å². The molecule has 162 valence electrons. The largest absolute Gasteiger partial charge is 0.437 e. The maximum Gasteiger partial charge on any atom is 0.437 e. The van der Waals surface area contributed by atoms with Gasteiger partial charge in [0.25, 0.3) is 0 Å². The van der Waals surface area contributed by atoms with Gasteiger partial charge in [0.05, 0.1) is 0 Å². The van der Waals surface area contributed by atoms with Crippen LogP contribution in [0.3, 0.4) is 0 Å². The Hall–Kier alpha value is -3.26. The number of hydrogen-bond acceptors (Lipinski definition) is 5. The molecule has 3 aromatic rings. The zero-order valence-corrected chi connectivity index (χ0v) is 17.2. The first kappa shape index (κ1) is 21.0. The van der Waals surface area contributed by atoms with Crippen molar-refractivity contribution in [2.75, 3.05) is 13.1 Å². The van der Waals surface area contributed by atoms with Crippen molar-refractivity contribution in [3.8, 4) is 11.5 Å². The quantitative estimate of drug-likeness (QED) is 0.631. The number of nitrogens with zero attached hydrogens (tertiary/aromatic N) is 3. The summed E-state index contributed by atoms with van der Waals surface area (Å²) in [6.45, 7) is 3.37. The van der Waals surface area contributed by atoms with Crippen molar-refractivity contribution in [1.82, 2.24) is 20.0 Å². The molecule has 0 aliphatic carbocycles. The highest BCUT2D eigenvalue weighted by Gasteiger charge is 2.14. The van der Waals surface area contributed by atoms with E-state index in [0.717, 1.165) is 29.9 Å². The highest BCUT2D eigenvalue weighted by Crippen LogP contribution is 2.16. The molecule has 0 atom stereocenters. The summed E-state index contributed by atoms with van der Waals surface area (Å²) >= 11 is 0. The van der Waals surface area contributed by atoms with E-state index in [0.29, 0.717) is 12.1 Å². The van der Waals surface area contributed by atoms with Crippen LogP contribution < -0.4 is 11.1 Å². The smallest absolute Gasteiger partial charge is 0.388 e. The third kappa shape index (κ3) is 5.67. The molecule has 0 saturated carbocycles. The molecular formula is C23H25FN4O3. The molecule has 4 rings (SSSR count). The fourth-order valence-electron chi connectivity index (χ4n) is 3.65. The van der Waals surface area contributed by atoms with Crippen LogP contribution in [0.15, 0.2) is 57.7 Å². The van der Waals surface area contributed by atoms with Crippen LogP contribution in [0.4, 0.5) is 4.39 Å². The first-order valence-electron chi connectivity index (χ1n) is 10.5. The number of likely N-dealkylation sites (tertiary alicyclic amines) is 1. The summed E-state index contributed by atoms with van der Waals surface area (Å²) < 4.78 is 19.1. The number of benzene rings is 2. The van der Waals surface area contributed by atoms with E-state index < -0.39 is 11.6 Å². The number of aromatic nitrogens is 2. The van der Waals surface area contributed by atoms with E-state index in [1.54, 1.807) is 0 Å². The molecule has 1 aliphatic rings. The molecule has 1 fully saturated rings. The van der Waals surface area contributed by atoms with Crippen molar-refractivity contribution >= 4 is 5.91 Å². The number of piperidine rings is 1. The second-order valence-electron chi connectivity index (χ2n) is 7.77. The van der Waals surface area contributed by atoms with Gasteiger partial charge < -0.3 is 9.73 Å². The van der Waals surface area contributed by atoms with Crippen LogP contribution in [-0.4, -0.2) is 33.7 Å². The Labute approximate surface area is 179 Å². The number of amides is 1. The van der Waals surface area contributed by atoms with Crippen LogP contribution in [-0.2, 0) is 24.4 Å². The molecule has 2 aromatic carbocycles. The minimum absolute atomic E-state index is 0.0436. The molecule has 2 heterocycles. The van der Waals surface area contributed by atoms with Crippen LogP contribution in [0.25, 0.3) is 11.5 Å². The van der Waals surface area contributed by atoms with Crippen molar-refractivity contribution in [2.45, 2.75) is 38.9 Å². The minimum atomic E-state index is -0.739. The predicted molar refractivity (Wildman–Crippen MR) is 114 cm³/mol. The molecule has 1 amide bonds. The Kier molecular flexibility index (Phi) is 6.57. The Bertz CT molecular complexity index is 1070. The molecule has 8 heteroatoms. The van der Waals surface area contributed by atoms with Gasteiger partial charge in [0.1, 0.15) is 12.4 Å². The van der Waals surface area contributed by atoms with E-state index in [4.69, 9.17) is 4.42 Å². The van der Waals surface area contributed by atoms with E-state index >= 15 is 0 Å². The van der Waals surface area contributed by atoms with E-state index in [-0.39, 0.29) is 18.3 Å². The predicted octanol–water partition coefficient (Wildman–Crippen LogP) is 2.94. The minimum Gasteiger partial charge on any atom is -0.388 e. The van der Waals surface area contributed by atoms with Crippen LogP contribution in [0.2, 0.25) is 0 Å². The lowest BCUT2D eigenvalue weighted by atomic mass is 10.1. The molecule has 1 N–H and O–H groups in total. The van der Waals surface area contributed by atoms with Gasteiger partial charge in [0.15, 0.2) is 0 Å². The third-order valence-corrected chi connectivity index (χ3v) is 5.36. The molecule has 0 unspecified atom stereocenters. The van der Waals surface area contributed by atoms with E-state index in [1.165, 1.54) is 49.1 Å². The zero-order chi connectivity index (χ0) is 21.6. The number of hydrogen-bond donors (Lipinski definition) is 1. The summed E-state index contributed by atoms with van der Waals surface area (Å²) in [4.78, 5) is 26.7. The molecule has 1 saturated heterocycles. The molecule has 0 bridgehead atoms. The van der Waals surface area contributed by atoms with E-state index in [9.17, 15) is 14.0 Å². The fourth-order valence-corrected chi connectivity index (χ4v) is 3.65. The summed E-state index contributed by atoms with van der Waals surface area (Å²) in [5.74, 6) is -1.44. The van der Waals surface area contributed by atoms with Gasteiger partial charge in [0, 0.05) is 18.7 Å². The first-order valence-corrected chi connectivity index (χ1v) is 10.5. The molecule has 0 radical (unpaired) electrons. The highest BCUT2D eigenvalue weighted by atomic mass is 19.1. The number of rotatable bonds is 7. The molecular weight excluding hydrogens is 399 g/mol. The van der Waals surface area contributed by atoms with E-state index in [1.807, 2.05) is 12.1 Å². The van der Waals surface area contributed by atoms with Gasteiger partial charge in [-0.2, -0.15) is 4.68 Å². The van der Waals surface area contributed by atoms with Gasteiger partial charge in [0.2, 0.25) is 11.8 Å². The van der Waals surface area contributed by atoms with Crippen LogP contribution in [0.5, 0.6) is 0 Å². The average Bonchev–Trinajstić information content (AvgIpc) is 3.14. The van der Waals surface area contributed by atoms with Crippen LogP contribution in [0.1, 0.15) is 30.4 Å². The molecule has 31 heavy (non-hydrogen) atoms. The van der Waals surface area contributed by atoms with Gasteiger partial charge in [-0.25, -0.2) is 9.18 Å². The number of nitrogens with one attached hydrogen (secondary N) is 1. The lowest BCUT2D eigenvalue weighted by Crippen LogP contribution is -2.31. The molecule has 1 aliphatic heterocycles. The summed E-state index contributed by atoms with van der Waals surface area (Å²) in [7, 11) is 0. The number of carbonyl (C=O) groups excluding carboxylic acids is 1. The maximum atomic E-state index is 13.0. The Morgan fingerprint density at radius 1 is 1.00 bits per heavy atom. The van der Waals surface area contributed by atoms with Crippen molar-refractivity contribution in [1.29, 1.82) is 0 Å². The standard InChI is InChI=1S/C23H25FN4O3/c24-20-10-8-19(9-11-20)22-26-28(23(30)31-22)16-21(29)25-14-17-4-6-18(7-5-17)15-27-12-2-1-3-13-27/h4-11H,1-3,12-16H2,(H,25,29). The van der Waals surface area contributed by atoms with Gasteiger partial charge in [-0.3, -0.25) is 9.69 Å². The average molecular weight is 424 g/mol. The molecule has 0 spiro atoms. The van der Waals surface area contributed by atoms with Gasteiger partial charge in [-0.1, -0.05) is 30.7 Å². The first-order chi connectivity index (χ1) is 15.1. The number of halogens is 1. The third-order valence-electron chi connectivity index (χ3n) is 5.36. The Balaban J connectivity index is 1.29. The summed E-state index contributed by atoms with van der Waals surface area (Å²) in [6, 6.07) is 13.6. The monoisotopic (exact) mass is 424 g/mol. The topological polar surface area (TPSA) is 80.4 Å². The molecule has 1 aromatic heterocycles. The SMILES string of the molecule is O=C(Cn1nc(-c2ccc(F)cc2)oc1=O)NCc1ccc(CN2CCCCC2)cc1. The summed E-state index contributed by atoms with van der Waals surface area (Å²) in [5.41, 5.74) is 2.71. The Morgan fingerprint density at radius 2 is 1.68 bits per heavy atom. The Morgan fingerprint density at radius 3 is 2.39 bits per heavy atom. The molecule has 7 nitrogen and oxygen atoms in total. The van der Waals surface area contributed by atoms with Crippen molar-refractivity contribution < 1.29 is 13.6 Å². The maximum absolute atomic E-state index is 13.0. The van der Waals surface area contributed by atoms with Gasteiger partial charge in [-0.05, 0) is 61.3 Å². The van der Waals surface area contributed by atoms with Crippen LogP contribution >= 0.6 is 0 Å². The van der Waals surface area contributed by atoms with Crippen molar-refractivity contribution in [3.05, 3.63) is 76.0 Å². The summed E-state index contributed by atoms with van der Waals surface area (Å²) in [5, 5.41) is 6.81.